The van der Waals surface area contributed by atoms with E-state index < -0.39 is 0 Å². The van der Waals surface area contributed by atoms with Crippen molar-refractivity contribution in [2.45, 2.75) is 19.4 Å². The largest absolute Gasteiger partial charge is 0.379 e. The second-order valence-electron chi connectivity index (χ2n) is 5.73. The highest BCUT2D eigenvalue weighted by Gasteiger charge is 2.30. The zero-order chi connectivity index (χ0) is 15.5. The van der Waals surface area contributed by atoms with E-state index in [1.54, 1.807) is 30.2 Å². The maximum Gasteiger partial charge on any atom is 0.269 e. The molecule has 0 spiro atoms. The maximum atomic E-state index is 12.4. The van der Waals surface area contributed by atoms with Gasteiger partial charge in [0, 0.05) is 25.4 Å². The SMILES string of the molecule is Cc1cc(C(=O)N[C@H]2COC[C@H]2Cc2ccncc2)n(C)n1. The fourth-order valence-electron chi connectivity index (χ4n) is 2.85. The number of hydrogen-bond acceptors (Lipinski definition) is 4. The van der Waals surface area contributed by atoms with Crippen molar-refractivity contribution < 1.29 is 9.53 Å². The molecule has 2 aromatic heterocycles. The predicted octanol–water partition coefficient (Wildman–Crippen LogP) is 1.11. The van der Waals surface area contributed by atoms with Crippen molar-refractivity contribution in [3.63, 3.8) is 0 Å². The molecule has 0 aromatic carbocycles. The van der Waals surface area contributed by atoms with Gasteiger partial charge in [-0.1, -0.05) is 0 Å². The van der Waals surface area contributed by atoms with Crippen molar-refractivity contribution in [1.82, 2.24) is 20.1 Å². The lowest BCUT2D eigenvalue weighted by molar-refractivity contribution is 0.0915. The molecule has 0 saturated carbocycles. The van der Waals surface area contributed by atoms with Crippen LogP contribution in [0.4, 0.5) is 0 Å². The Morgan fingerprint density at radius 1 is 1.41 bits per heavy atom. The highest BCUT2D eigenvalue weighted by Crippen LogP contribution is 2.19. The van der Waals surface area contributed by atoms with Crippen LogP contribution in [0.1, 0.15) is 21.7 Å². The van der Waals surface area contributed by atoms with E-state index in [1.165, 1.54) is 5.56 Å². The van der Waals surface area contributed by atoms with Gasteiger partial charge in [-0.25, -0.2) is 0 Å². The summed E-state index contributed by atoms with van der Waals surface area (Å²) in [5.74, 6) is 0.180. The van der Waals surface area contributed by atoms with Crippen molar-refractivity contribution in [2.24, 2.45) is 13.0 Å². The third-order valence-electron chi connectivity index (χ3n) is 4.00. The smallest absolute Gasteiger partial charge is 0.269 e. The molecule has 1 aliphatic rings. The van der Waals surface area contributed by atoms with Crippen LogP contribution >= 0.6 is 0 Å². The van der Waals surface area contributed by atoms with Crippen LogP contribution in [0.25, 0.3) is 0 Å². The van der Waals surface area contributed by atoms with Crippen LogP contribution < -0.4 is 5.32 Å². The Bertz CT molecular complexity index is 653. The molecule has 1 amide bonds. The summed E-state index contributed by atoms with van der Waals surface area (Å²) < 4.78 is 7.17. The summed E-state index contributed by atoms with van der Waals surface area (Å²) in [6, 6.07) is 5.82. The summed E-state index contributed by atoms with van der Waals surface area (Å²) in [5, 5.41) is 7.29. The van der Waals surface area contributed by atoms with Crippen LogP contribution in [0.3, 0.4) is 0 Å². The predicted molar refractivity (Wildman–Crippen MR) is 81.4 cm³/mol. The highest BCUT2D eigenvalue weighted by molar-refractivity contribution is 5.92. The lowest BCUT2D eigenvalue weighted by Crippen LogP contribution is -2.41. The van der Waals surface area contributed by atoms with Crippen LogP contribution in [0.5, 0.6) is 0 Å². The first-order valence-electron chi connectivity index (χ1n) is 7.41. The molecule has 6 heteroatoms. The quantitative estimate of drug-likeness (QED) is 0.918. The Morgan fingerprint density at radius 3 is 2.86 bits per heavy atom. The summed E-state index contributed by atoms with van der Waals surface area (Å²) in [6.45, 7) is 3.09. The topological polar surface area (TPSA) is 69.0 Å². The number of amides is 1. The molecule has 2 atom stereocenters. The van der Waals surface area contributed by atoms with E-state index in [-0.39, 0.29) is 17.9 Å². The van der Waals surface area contributed by atoms with E-state index in [0.717, 1.165) is 12.1 Å². The Morgan fingerprint density at radius 2 is 2.18 bits per heavy atom. The zero-order valence-electron chi connectivity index (χ0n) is 12.8. The second-order valence-corrected chi connectivity index (χ2v) is 5.73. The minimum absolute atomic E-state index is 0.0240. The number of nitrogens with one attached hydrogen (secondary N) is 1. The van der Waals surface area contributed by atoms with Gasteiger partial charge in [-0.15, -0.1) is 0 Å². The zero-order valence-corrected chi connectivity index (χ0v) is 12.8. The van der Waals surface area contributed by atoms with Crippen molar-refractivity contribution in [1.29, 1.82) is 0 Å². The molecular formula is C16H20N4O2. The summed E-state index contributed by atoms with van der Waals surface area (Å²) in [5.41, 5.74) is 2.62. The number of rotatable bonds is 4. The fourth-order valence-corrected chi connectivity index (χ4v) is 2.85. The van der Waals surface area contributed by atoms with Crippen molar-refractivity contribution in [3.05, 3.63) is 47.5 Å². The second kappa shape index (κ2) is 6.27. The van der Waals surface area contributed by atoms with Crippen LogP contribution in [-0.4, -0.2) is 39.9 Å². The van der Waals surface area contributed by atoms with E-state index in [9.17, 15) is 4.79 Å². The number of ether oxygens (including phenoxy) is 1. The third kappa shape index (κ3) is 3.17. The number of carbonyl (C=O) groups excluding carboxylic acids is 1. The molecule has 2 aromatic rings. The van der Waals surface area contributed by atoms with Crippen molar-refractivity contribution in [2.75, 3.05) is 13.2 Å². The van der Waals surface area contributed by atoms with Gasteiger partial charge >= 0.3 is 0 Å². The van der Waals surface area contributed by atoms with Gasteiger partial charge in [0.05, 0.1) is 24.9 Å². The Balaban J connectivity index is 1.66. The lowest BCUT2D eigenvalue weighted by Gasteiger charge is -2.19. The molecule has 0 bridgehead atoms. The minimum atomic E-state index is -0.0988. The number of pyridine rings is 1. The van der Waals surface area contributed by atoms with Gasteiger partial charge < -0.3 is 10.1 Å². The summed E-state index contributed by atoms with van der Waals surface area (Å²) >= 11 is 0. The van der Waals surface area contributed by atoms with Crippen LogP contribution in [0, 0.1) is 12.8 Å². The molecule has 6 nitrogen and oxygen atoms in total. The first-order chi connectivity index (χ1) is 10.6. The normalized spacial score (nSPS) is 21.0. The molecule has 22 heavy (non-hydrogen) atoms. The standard InChI is InChI=1S/C16H20N4O2/c1-11-7-15(20(2)19-11)16(21)18-14-10-22-9-13(14)8-12-3-5-17-6-4-12/h3-7,13-14H,8-10H2,1-2H3,(H,18,21)/t13-,14+/m1/s1. The van der Waals surface area contributed by atoms with Gasteiger partial charge in [0.1, 0.15) is 5.69 Å². The highest BCUT2D eigenvalue weighted by atomic mass is 16.5. The van der Waals surface area contributed by atoms with E-state index in [1.807, 2.05) is 19.1 Å². The van der Waals surface area contributed by atoms with Crippen LogP contribution in [0.2, 0.25) is 0 Å². The average molecular weight is 300 g/mol. The fraction of sp³-hybridized carbons (Fsp3) is 0.438. The van der Waals surface area contributed by atoms with E-state index in [4.69, 9.17) is 4.74 Å². The van der Waals surface area contributed by atoms with Gasteiger partial charge in [0.15, 0.2) is 0 Å². The lowest BCUT2D eigenvalue weighted by atomic mass is 9.95. The molecule has 3 rings (SSSR count). The summed E-state index contributed by atoms with van der Waals surface area (Å²) in [4.78, 5) is 16.4. The molecular weight excluding hydrogens is 280 g/mol. The number of hydrogen-bond donors (Lipinski definition) is 1. The first kappa shape index (κ1) is 14.7. The third-order valence-corrected chi connectivity index (χ3v) is 4.00. The van der Waals surface area contributed by atoms with Crippen molar-refractivity contribution in [3.8, 4) is 0 Å². The van der Waals surface area contributed by atoms with E-state index >= 15 is 0 Å². The van der Waals surface area contributed by atoms with Crippen LogP contribution in [-0.2, 0) is 18.2 Å². The number of nitrogens with zero attached hydrogens (tertiary/aromatic N) is 3. The van der Waals surface area contributed by atoms with Crippen LogP contribution in [0.15, 0.2) is 30.6 Å². The van der Waals surface area contributed by atoms with Gasteiger partial charge in [0.2, 0.25) is 0 Å². The Labute approximate surface area is 129 Å². The van der Waals surface area contributed by atoms with Gasteiger partial charge in [-0.2, -0.15) is 5.10 Å². The number of aryl methyl sites for hydroxylation is 2. The minimum Gasteiger partial charge on any atom is -0.379 e. The van der Waals surface area contributed by atoms with E-state index in [0.29, 0.717) is 18.9 Å². The van der Waals surface area contributed by atoms with Gasteiger partial charge in [0.25, 0.3) is 5.91 Å². The maximum absolute atomic E-state index is 12.4. The number of aromatic nitrogens is 3. The molecule has 1 aliphatic heterocycles. The molecule has 3 heterocycles. The molecule has 1 fully saturated rings. The first-order valence-corrected chi connectivity index (χ1v) is 7.41. The summed E-state index contributed by atoms with van der Waals surface area (Å²) in [6.07, 6.45) is 4.45. The molecule has 0 aliphatic carbocycles. The Hall–Kier alpha value is -2.21. The molecule has 116 valence electrons. The monoisotopic (exact) mass is 300 g/mol. The van der Waals surface area contributed by atoms with Gasteiger partial charge in [-0.05, 0) is 37.1 Å². The molecule has 0 unspecified atom stereocenters. The molecule has 1 saturated heterocycles. The molecule has 0 radical (unpaired) electrons. The van der Waals surface area contributed by atoms with E-state index in [2.05, 4.69) is 15.4 Å². The number of carbonyl (C=O) groups is 1. The average Bonchev–Trinajstić information content (AvgIpc) is 3.06. The Kier molecular flexibility index (Phi) is 4.20. The van der Waals surface area contributed by atoms with Crippen molar-refractivity contribution >= 4 is 5.91 Å². The molecule has 1 N–H and O–H groups in total. The van der Waals surface area contributed by atoms with Gasteiger partial charge in [-0.3, -0.25) is 14.5 Å². The summed E-state index contributed by atoms with van der Waals surface area (Å²) in [7, 11) is 1.78.